The predicted octanol–water partition coefficient (Wildman–Crippen LogP) is 2.06. The average Bonchev–Trinajstić information content (AvgIpc) is 2.71. The second-order valence-corrected chi connectivity index (χ2v) is 3.07. The number of benzene rings is 1. The highest BCUT2D eigenvalue weighted by molar-refractivity contribution is 5.53. The maximum atomic E-state index is 5.22. The molecule has 0 bridgehead atoms. The molecule has 3 nitrogen and oxygen atoms in total. The van der Waals surface area contributed by atoms with Gasteiger partial charge in [0.05, 0.1) is 6.20 Å². The first-order chi connectivity index (χ1) is 6.90. The monoisotopic (exact) mass is 188 g/mol. The highest BCUT2D eigenvalue weighted by atomic mass is 16.3. The van der Waals surface area contributed by atoms with Crippen molar-refractivity contribution in [1.29, 1.82) is 0 Å². The minimum Gasteiger partial charge on any atom is -0.445 e. The van der Waals surface area contributed by atoms with Crippen molar-refractivity contribution >= 4 is 0 Å². The second-order valence-electron chi connectivity index (χ2n) is 3.07. The standard InChI is InChI=1S/C11H12N2O/c1-12-8-9-3-2-4-10(7-9)11-13-5-6-14-11/h2-7,12H,8H2,1H3. The fourth-order valence-corrected chi connectivity index (χ4v) is 1.38. The third-order valence-corrected chi connectivity index (χ3v) is 1.99. The predicted molar refractivity (Wildman–Crippen MR) is 54.7 cm³/mol. The van der Waals surface area contributed by atoms with E-state index in [2.05, 4.69) is 22.4 Å². The molecule has 0 fully saturated rings. The average molecular weight is 188 g/mol. The van der Waals surface area contributed by atoms with Gasteiger partial charge in [-0.2, -0.15) is 0 Å². The van der Waals surface area contributed by atoms with Crippen LogP contribution in [0.25, 0.3) is 11.5 Å². The fraction of sp³-hybridized carbons (Fsp3) is 0.182. The fourth-order valence-electron chi connectivity index (χ4n) is 1.38. The minimum absolute atomic E-state index is 0.669. The third-order valence-electron chi connectivity index (χ3n) is 1.99. The molecule has 2 aromatic rings. The van der Waals surface area contributed by atoms with Crippen LogP contribution in [0.2, 0.25) is 0 Å². The molecule has 0 atom stereocenters. The maximum Gasteiger partial charge on any atom is 0.225 e. The summed E-state index contributed by atoms with van der Waals surface area (Å²) >= 11 is 0. The Morgan fingerprint density at radius 3 is 3.07 bits per heavy atom. The summed E-state index contributed by atoms with van der Waals surface area (Å²) in [7, 11) is 1.93. The molecule has 0 saturated heterocycles. The molecule has 1 heterocycles. The van der Waals surface area contributed by atoms with Gasteiger partial charge in [0.2, 0.25) is 5.89 Å². The summed E-state index contributed by atoms with van der Waals surface area (Å²) in [5.41, 5.74) is 2.24. The molecule has 1 aromatic heterocycles. The van der Waals surface area contributed by atoms with E-state index in [9.17, 15) is 0 Å². The number of nitrogens with zero attached hydrogens (tertiary/aromatic N) is 1. The van der Waals surface area contributed by atoms with Crippen LogP contribution in [0.15, 0.2) is 41.1 Å². The molecule has 0 radical (unpaired) electrons. The molecule has 14 heavy (non-hydrogen) atoms. The van der Waals surface area contributed by atoms with Gasteiger partial charge in [0.1, 0.15) is 6.26 Å². The van der Waals surface area contributed by atoms with Crippen LogP contribution in [-0.2, 0) is 6.54 Å². The normalized spacial score (nSPS) is 10.4. The Bertz CT molecular complexity index is 395. The van der Waals surface area contributed by atoms with Gasteiger partial charge in [-0.15, -0.1) is 0 Å². The van der Waals surface area contributed by atoms with E-state index in [1.165, 1.54) is 5.56 Å². The van der Waals surface area contributed by atoms with Gasteiger partial charge in [-0.3, -0.25) is 0 Å². The van der Waals surface area contributed by atoms with E-state index in [-0.39, 0.29) is 0 Å². The van der Waals surface area contributed by atoms with E-state index in [1.54, 1.807) is 12.5 Å². The number of oxazole rings is 1. The molecule has 3 heteroatoms. The topological polar surface area (TPSA) is 38.1 Å². The second kappa shape index (κ2) is 4.07. The van der Waals surface area contributed by atoms with Crippen molar-refractivity contribution in [3.63, 3.8) is 0 Å². The molecule has 1 N–H and O–H groups in total. The first-order valence-electron chi connectivity index (χ1n) is 4.53. The SMILES string of the molecule is CNCc1cccc(-c2ncco2)c1. The Morgan fingerprint density at radius 1 is 1.43 bits per heavy atom. The number of hydrogen-bond donors (Lipinski definition) is 1. The van der Waals surface area contributed by atoms with Crippen molar-refractivity contribution in [2.24, 2.45) is 0 Å². The van der Waals surface area contributed by atoms with Crippen molar-refractivity contribution < 1.29 is 4.42 Å². The van der Waals surface area contributed by atoms with Crippen molar-refractivity contribution in [2.45, 2.75) is 6.54 Å². The maximum absolute atomic E-state index is 5.22. The lowest BCUT2D eigenvalue weighted by molar-refractivity contribution is 0.574. The smallest absolute Gasteiger partial charge is 0.225 e. The van der Waals surface area contributed by atoms with E-state index in [4.69, 9.17) is 4.42 Å². The van der Waals surface area contributed by atoms with Crippen LogP contribution in [0, 0.1) is 0 Å². The molecule has 1 aromatic carbocycles. The minimum atomic E-state index is 0.669. The highest BCUT2D eigenvalue weighted by Gasteiger charge is 2.01. The van der Waals surface area contributed by atoms with Crippen molar-refractivity contribution in [3.05, 3.63) is 42.3 Å². The highest BCUT2D eigenvalue weighted by Crippen LogP contribution is 2.17. The summed E-state index contributed by atoms with van der Waals surface area (Å²) in [6, 6.07) is 8.14. The summed E-state index contributed by atoms with van der Waals surface area (Å²) in [6.45, 7) is 0.856. The Kier molecular flexibility index (Phi) is 2.60. The Labute approximate surface area is 82.8 Å². The molecular formula is C11H12N2O. The Morgan fingerprint density at radius 2 is 2.36 bits per heavy atom. The lowest BCUT2D eigenvalue weighted by Gasteiger charge is -2.01. The van der Waals surface area contributed by atoms with Crippen LogP contribution in [0.4, 0.5) is 0 Å². The van der Waals surface area contributed by atoms with Gasteiger partial charge in [0.25, 0.3) is 0 Å². The van der Waals surface area contributed by atoms with Gasteiger partial charge < -0.3 is 9.73 Å². The van der Waals surface area contributed by atoms with E-state index >= 15 is 0 Å². The molecule has 0 spiro atoms. The van der Waals surface area contributed by atoms with Crippen LogP contribution in [0.1, 0.15) is 5.56 Å². The molecule has 72 valence electrons. The summed E-state index contributed by atoms with van der Waals surface area (Å²) in [6.07, 6.45) is 3.24. The van der Waals surface area contributed by atoms with Crippen molar-refractivity contribution in [3.8, 4) is 11.5 Å². The molecule has 2 rings (SSSR count). The third kappa shape index (κ3) is 1.83. The first kappa shape index (κ1) is 8.97. The van der Waals surface area contributed by atoms with E-state index in [1.807, 2.05) is 19.2 Å². The van der Waals surface area contributed by atoms with Crippen LogP contribution in [0.3, 0.4) is 0 Å². The molecule has 0 aliphatic rings. The van der Waals surface area contributed by atoms with Crippen LogP contribution in [-0.4, -0.2) is 12.0 Å². The number of aromatic nitrogens is 1. The van der Waals surface area contributed by atoms with Crippen molar-refractivity contribution in [1.82, 2.24) is 10.3 Å². The van der Waals surface area contributed by atoms with Gasteiger partial charge >= 0.3 is 0 Å². The number of nitrogens with one attached hydrogen (secondary N) is 1. The molecule has 0 saturated carbocycles. The van der Waals surface area contributed by atoms with Gasteiger partial charge in [-0.1, -0.05) is 12.1 Å². The largest absolute Gasteiger partial charge is 0.445 e. The van der Waals surface area contributed by atoms with Gasteiger partial charge in [-0.25, -0.2) is 4.98 Å². The molecule has 0 aliphatic heterocycles. The lowest BCUT2D eigenvalue weighted by Crippen LogP contribution is -2.04. The van der Waals surface area contributed by atoms with Crippen molar-refractivity contribution in [2.75, 3.05) is 7.05 Å². The lowest BCUT2D eigenvalue weighted by atomic mass is 10.1. The van der Waals surface area contributed by atoms with Crippen LogP contribution in [0.5, 0.6) is 0 Å². The summed E-state index contributed by atoms with van der Waals surface area (Å²) in [4.78, 5) is 4.10. The first-order valence-corrected chi connectivity index (χ1v) is 4.53. The number of rotatable bonds is 3. The number of hydrogen-bond acceptors (Lipinski definition) is 3. The summed E-state index contributed by atoms with van der Waals surface area (Å²) in [5, 5.41) is 3.11. The summed E-state index contributed by atoms with van der Waals surface area (Å²) < 4.78 is 5.22. The Balaban J connectivity index is 2.31. The van der Waals surface area contributed by atoms with Gasteiger partial charge in [0.15, 0.2) is 0 Å². The van der Waals surface area contributed by atoms with E-state index < -0.39 is 0 Å². The summed E-state index contributed by atoms with van der Waals surface area (Å²) in [5.74, 6) is 0.669. The molecule has 0 amide bonds. The van der Waals surface area contributed by atoms with Gasteiger partial charge in [0, 0.05) is 12.1 Å². The molecular weight excluding hydrogens is 176 g/mol. The molecule has 0 aliphatic carbocycles. The zero-order valence-electron chi connectivity index (χ0n) is 8.03. The van der Waals surface area contributed by atoms with Crippen LogP contribution >= 0.6 is 0 Å². The quantitative estimate of drug-likeness (QED) is 0.801. The zero-order chi connectivity index (χ0) is 9.80. The van der Waals surface area contributed by atoms with E-state index in [0.717, 1.165) is 12.1 Å². The molecule has 0 unspecified atom stereocenters. The zero-order valence-corrected chi connectivity index (χ0v) is 8.03. The Hall–Kier alpha value is -1.61. The van der Waals surface area contributed by atoms with E-state index in [0.29, 0.717) is 5.89 Å². The van der Waals surface area contributed by atoms with Crippen LogP contribution < -0.4 is 5.32 Å². The van der Waals surface area contributed by atoms with Gasteiger partial charge in [-0.05, 0) is 24.7 Å².